The molecule has 0 radical (unpaired) electrons. The van der Waals surface area contributed by atoms with Crippen LogP contribution in [0.4, 0.5) is 5.82 Å². The number of hydrogen-bond donors (Lipinski definition) is 1. The molecule has 0 saturated carbocycles. The molecule has 1 aromatic heterocycles. The zero-order chi connectivity index (χ0) is 21.1. The topological polar surface area (TPSA) is 82.3 Å². The number of aromatic nitrogens is 2. The van der Waals surface area contributed by atoms with Crippen LogP contribution in [0.3, 0.4) is 0 Å². The molecule has 1 aromatic carbocycles. The summed E-state index contributed by atoms with van der Waals surface area (Å²) in [5, 5.41) is 3.27. The highest BCUT2D eigenvalue weighted by molar-refractivity contribution is 6.01. The molecule has 0 bridgehead atoms. The monoisotopic (exact) mass is 395 g/mol. The van der Waals surface area contributed by atoms with Crippen LogP contribution in [0.2, 0.25) is 0 Å². The number of methoxy groups -OCH3 is 1. The number of ketones is 1. The summed E-state index contributed by atoms with van der Waals surface area (Å²) in [6.07, 6.45) is 1.08. The lowest BCUT2D eigenvalue weighted by molar-refractivity contribution is -0.118. The van der Waals surface area contributed by atoms with E-state index in [0.29, 0.717) is 35.5 Å². The van der Waals surface area contributed by atoms with Crippen LogP contribution >= 0.6 is 0 Å². The molecule has 0 amide bonds. The highest BCUT2D eigenvalue weighted by Crippen LogP contribution is 2.47. The van der Waals surface area contributed by atoms with Crippen LogP contribution in [0, 0.1) is 5.41 Å². The van der Waals surface area contributed by atoms with Gasteiger partial charge in [0.25, 0.3) is 5.56 Å². The standard InChI is InChI=1S/C22H25N3O4/c1-22(2)10-14-17(15(26)11-22)16(12-7-6-8-13(9-12)29-5)18-19(23-14)24(3)21(28)25(4)20(18)27/h6-9,16,23H,10-11H2,1-5H3. The van der Waals surface area contributed by atoms with E-state index in [1.54, 1.807) is 14.2 Å². The van der Waals surface area contributed by atoms with Gasteiger partial charge >= 0.3 is 5.69 Å². The fraction of sp³-hybridized carbons (Fsp3) is 0.409. The molecule has 7 nitrogen and oxygen atoms in total. The van der Waals surface area contributed by atoms with Crippen molar-refractivity contribution in [2.45, 2.75) is 32.6 Å². The van der Waals surface area contributed by atoms with Gasteiger partial charge < -0.3 is 10.1 Å². The van der Waals surface area contributed by atoms with E-state index in [-0.39, 0.29) is 11.2 Å². The first-order chi connectivity index (χ1) is 13.6. The Morgan fingerprint density at radius 2 is 1.83 bits per heavy atom. The molecular weight excluding hydrogens is 370 g/mol. The number of nitrogens with zero attached hydrogens (tertiary/aromatic N) is 2. The number of carbonyl (C=O) groups excluding carboxylic acids is 1. The lowest BCUT2D eigenvalue weighted by Crippen LogP contribution is -2.45. The third kappa shape index (κ3) is 2.92. The smallest absolute Gasteiger partial charge is 0.332 e. The molecular formula is C22H25N3O4. The van der Waals surface area contributed by atoms with Gasteiger partial charge in [-0.1, -0.05) is 26.0 Å². The maximum absolute atomic E-state index is 13.2. The van der Waals surface area contributed by atoms with Gasteiger partial charge in [-0.3, -0.25) is 18.7 Å². The van der Waals surface area contributed by atoms with Gasteiger partial charge in [0.15, 0.2) is 5.78 Å². The van der Waals surface area contributed by atoms with E-state index < -0.39 is 17.2 Å². The maximum Gasteiger partial charge on any atom is 0.332 e. The normalized spacial score (nSPS) is 20.0. The van der Waals surface area contributed by atoms with Crippen LogP contribution in [0.5, 0.6) is 5.75 Å². The van der Waals surface area contributed by atoms with Crippen molar-refractivity contribution in [2.24, 2.45) is 19.5 Å². The molecule has 1 atom stereocenters. The van der Waals surface area contributed by atoms with Crippen molar-refractivity contribution in [3.05, 3.63) is 67.5 Å². The first-order valence-electron chi connectivity index (χ1n) is 9.62. The Morgan fingerprint density at radius 1 is 1.10 bits per heavy atom. The lowest BCUT2D eigenvalue weighted by Gasteiger charge is -2.39. The number of hydrogen-bond acceptors (Lipinski definition) is 5. The highest BCUT2D eigenvalue weighted by Gasteiger charge is 2.42. The van der Waals surface area contributed by atoms with Crippen LogP contribution < -0.4 is 21.3 Å². The summed E-state index contributed by atoms with van der Waals surface area (Å²) < 4.78 is 7.91. The Morgan fingerprint density at radius 3 is 2.52 bits per heavy atom. The van der Waals surface area contributed by atoms with Crippen molar-refractivity contribution >= 4 is 11.6 Å². The molecule has 29 heavy (non-hydrogen) atoms. The predicted molar refractivity (Wildman–Crippen MR) is 110 cm³/mol. The maximum atomic E-state index is 13.2. The highest BCUT2D eigenvalue weighted by atomic mass is 16.5. The Bertz CT molecular complexity index is 1180. The van der Waals surface area contributed by atoms with E-state index >= 15 is 0 Å². The largest absolute Gasteiger partial charge is 0.497 e. The van der Waals surface area contributed by atoms with Crippen LogP contribution in [0.15, 0.2) is 45.1 Å². The summed E-state index contributed by atoms with van der Waals surface area (Å²) in [6.45, 7) is 4.10. The fourth-order valence-corrected chi connectivity index (χ4v) is 4.50. The second kappa shape index (κ2) is 6.47. The first-order valence-corrected chi connectivity index (χ1v) is 9.62. The predicted octanol–water partition coefficient (Wildman–Crippen LogP) is 2.29. The average Bonchev–Trinajstić information content (AvgIpc) is 2.68. The molecule has 1 aliphatic carbocycles. The zero-order valence-corrected chi connectivity index (χ0v) is 17.3. The first kappa shape index (κ1) is 19.2. The van der Waals surface area contributed by atoms with Gasteiger partial charge in [-0.25, -0.2) is 4.79 Å². The number of fused-ring (bicyclic) bond motifs is 1. The van der Waals surface area contributed by atoms with Crippen molar-refractivity contribution in [2.75, 3.05) is 12.4 Å². The molecule has 1 aliphatic heterocycles. The van der Waals surface area contributed by atoms with Gasteiger partial charge in [-0.2, -0.15) is 0 Å². The van der Waals surface area contributed by atoms with Crippen molar-refractivity contribution in [1.29, 1.82) is 0 Å². The van der Waals surface area contributed by atoms with Gasteiger partial charge in [0.1, 0.15) is 11.6 Å². The van der Waals surface area contributed by atoms with Crippen molar-refractivity contribution < 1.29 is 9.53 Å². The molecule has 0 spiro atoms. The number of ether oxygens (including phenoxy) is 1. The van der Waals surface area contributed by atoms with Crippen LogP contribution in [-0.4, -0.2) is 22.0 Å². The third-order valence-corrected chi connectivity index (χ3v) is 5.89. The minimum absolute atomic E-state index is 0.0260. The van der Waals surface area contributed by atoms with Gasteiger partial charge in [0.05, 0.1) is 12.7 Å². The molecule has 4 rings (SSSR count). The molecule has 152 valence electrons. The summed E-state index contributed by atoms with van der Waals surface area (Å²) in [6, 6.07) is 7.41. The third-order valence-electron chi connectivity index (χ3n) is 5.89. The number of carbonyl (C=O) groups is 1. The van der Waals surface area contributed by atoms with Gasteiger partial charge in [0.2, 0.25) is 0 Å². The van der Waals surface area contributed by atoms with E-state index in [2.05, 4.69) is 19.2 Å². The SMILES string of the molecule is COc1cccc(C2C3=C(CC(C)(C)CC3=O)Nc3c2c(=O)n(C)c(=O)n3C)c1. The van der Waals surface area contributed by atoms with E-state index in [4.69, 9.17) is 4.74 Å². The Labute approximate surface area is 168 Å². The minimum Gasteiger partial charge on any atom is -0.497 e. The fourth-order valence-electron chi connectivity index (χ4n) is 4.50. The molecule has 1 unspecified atom stereocenters. The zero-order valence-electron chi connectivity index (χ0n) is 17.3. The number of benzene rings is 1. The molecule has 7 heteroatoms. The van der Waals surface area contributed by atoms with Crippen molar-refractivity contribution in [1.82, 2.24) is 9.13 Å². The summed E-state index contributed by atoms with van der Waals surface area (Å²) in [7, 11) is 4.68. The van der Waals surface area contributed by atoms with Gasteiger partial charge in [0, 0.05) is 37.7 Å². The number of Topliss-reactive ketones (excluding diaryl/α,β-unsaturated/α-hetero) is 1. The van der Waals surface area contributed by atoms with Crippen LogP contribution in [0.1, 0.15) is 43.7 Å². The number of allylic oxidation sites excluding steroid dienone is 2. The lowest BCUT2D eigenvalue weighted by atomic mass is 9.69. The average molecular weight is 395 g/mol. The molecule has 2 heterocycles. The van der Waals surface area contributed by atoms with E-state index in [0.717, 1.165) is 15.8 Å². The van der Waals surface area contributed by atoms with Crippen molar-refractivity contribution in [3.63, 3.8) is 0 Å². The van der Waals surface area contributed by atoms with Crippen molar-refractivity contribution in [3.8, 4) is 5.75 Å². The van der Waals surface area contributed by atoms with E-state index in [1.165, 1.54) is 11.6 Å². The molecule has 0 saturated heterocycles. The Hall–Kier alpha value is -3.09. The van der Waals surface area contributed by atoms with Crippen LogP contribution in [0.25, 0.3) is 0 Å². The summed E-state index contributed by atoms with van der Waals surface area (Å²) >= 11 is 0. The number of rotatable bonds is 2. The van der Waals surface area contributed by atoms with Gasteiger partial charge in [-0.05, 0) is 29.5 Å². The Balaban J connectivity index is 2.07. The number of anilines is 1. The molecule has 0 fully saturated rings. The molecule has 2 aliphatic rings. The quantitative estimate of drug-likeness (QED) is 0.844. The van der Waals surface area contributed by atoms with E-state index in [1.807, 2.05) is 24.3 Å². The second-order valence-corrected chi connectivity index (χ2v) is 8.64. The summed E-state index contributed by atoms with van der Waals surface area (Å²) in [4.78, 5) is 39.0. The minimum atomic E-state index is -0.551. The summed E-state index contributed by atoms with van der Waals surface area (Å²) in [5.41, 5.74) is 1.61. The van der Waals surface area contributed by atoms with E-state index in [9.17, 15) is 14.4 Å². The molecule has 2 aromatic rings. The summed E-state index contributed by atoms with van der Waals surface area (Å²) in [5.74, 6) is 0.578. The Kier molecular flexibility index (Phi) is 4.29. The van der Waals surface area contributed by atoms with Gasteiger partial charge in [-0.15, -0.1) is 0 Å². The van der Waals surface area contributed by atoms with Crippen LogP contribution in [-0.2, 0) is 18.9 Å². The second-order valence-electron chi connectivity index (χ2n) is 8.64. The molecule has 1 N–H and O–H groups in total. The number of nitrogens with one attached hydrogen (secondary N) is 1.